The van der Waals surface area contributed by atoms with Gasteiger partial charge in [-0.1, -0.05) is 28.4 Å². The van der Waals surface area contributed by atoms with E-state index in [4.69, 9.17) is 27.7 Å². The standard InChI is InChI=1S/C17H18Cl2N4O3/c1-10-21-15(26-22-10)6-7-20-16(24)14-3-2-8-23(14)17(25)12-9-11(18)4-5-13(12)19/h4-5,9,14H,2-3,6-8H2,1H3,(H,20,24). The summed E-state index contributed by atoms with van der Waals surface area (Å²) >= 11 is 12.1. The van der Waals surface area contributed by atoms with Crippen LogP contribution in [0.1, 0.15) is 34.9 Å². The van der Waals surface area contributed by atoms with Gasteiger partial charge in [0.05, 0.1) is 10.6 Å². The maximum absolute atomic E-state index is 12.8. The monoisotopic (exact) mass is 396 g/mol. The molecule has 1 aromatic heterocycles. The van der Waals surface area contributed by atoms with Crippen molar-refractivity contribution in [1.29, 1.82) is 0 Å². The number of aromatic nitrogens is 2. The predicted molar refractivity (Wildman–Crippen MR) is 96.3 cm³/mol. The van der Waals surface area contributed by atoms with Crippen molar-refractivity contribution in [2.45, 2.75) is 32.2 Å². The number of halogens is 2. The molecule has 0 saturated carbocycles. The fourth-order valence-electron chi connectivity index (χ4n) is 2.95. The van der Waals surface area contributed by atoms with E-state index in [1.165, 1.54) is 6.07 Å². The number of hydrogen-bond donors (Lipinski definition) is 1. The number of nitrogens with zero attached hydrogens (tertiary/aromatic N) is 3. The van der Waals surface area contributed by atoms with Crippen LogP contribution < -0.4 is 5.32 Å². The Morgan fingerprint density at radius 1 is 1.38 bits per heavy atom. The minimum absolute atomic E-state index is 0.203. The maximum Gasteiger partial charge on any atom is 0.256 e. The number of nitrogens with one attached hydrogen (secondary N) is 1. The zero-order chi connectivity index (χ0) is 18.7. The summed E-state index contributed by atoms with van der Waals surface area (Å²) in [6, 6.07) is 4.20. The molecule has 2 amide bonds. The van der Waals surface area contributed by atoms with Crippen molar-refractivity contribution in [1.82, 2.24) is 20.4 Å². The molecule has 138 valence electrons. The zero-order valence-corrected chi connectivity index (χ0v) is 15.7. The minimum atomic E-state index is -0.526. The number of carbonyl (C=O) groups excluding carboxylic acids is 2. The van der Waals surface area contributed by atoms with E-state index in [1.54, 1.807) is 24.0 Å². The molecule has 1 N–H and O–H groups in total. The van der Waals surface area contributed by atoms with Crippen molar-refractivity contribution in [3.8, 4) is 0 Å². The van der Waals surface area contributed by atoms with Crippen LogP contribution in [0.15, 0.2) is 22.7 Å². The molecule has 1 saturated heterocycles. The molecule has 0 aliphatic carbocycles. The number of amides is 2. The van der Waals surface area contributed by atoms with Gasteiger partial charge >= 0.3 is 0 Å². The molecule has 2 aromatic rings. The van der Waals surface area contributed by atoms with E-state index in [2.05, 4.69) is 15.5 Å². The van der Waals surface area contributed by atoms with Crippen LogP contribution >= 0.6 is 23.2 Å². The summed E-state index contributed by atoms with van der Waals surface area (Å²) in [6.45, 7) is 2.59. The lowest BCUT2D eigenvalue weighted by Crippen LogP contribution is -2.46. The van der Waals surface area contributed by atoms with Gasteiger partial charge in [0.15, 0.2) is 5.82 Å². The molecular weight excluding hydrogens is 379 g/mol. The largest absolute Gasteiger partial charge is 0.354 e. The minimum Gasteiger partial charge on any atom is -0.354 e. The van der Waals surface area contributed by atoms with Crippen LogP contribution in [0.2, 0.25) is 10.0 Å². The zero-order valence-electron chi connectivity index (χ0n) is 14.2. The number of aryl methyl sites for hydroxylation is 1. The van der Waals surface area contributed by atoms with E-state index >= 15 is 0 Å². The van der Waals surface area contributed by atoms with Crippen LogP contribution in [0.5, 0.6) is 0 Å². The highest BCUT2D eigenvalue weighted by molar-refractivity contribution is 6.35. The van der Waals surface area contributed by atoms with Gasteiger partial charge in [0.1, 0.15) is 6.04 Å². The third-order valence-corrected chi connectivity index (χ3v) is 4.75. The molecule has 1 aliphatic rings. The second-order valence-electron chi connectivity index (χ2n) is 6.06. The van der Waals surface area contributed by atoms with Crippen molar-refractivity contribution < 1.29 is 14.1 Å². The van der Waals surface area contributed by atoms with Crippen molar-refractivity contribution in [3.05, 3.63) is 45.5 Å². The van der Waals surface area contributed by atoms with Gasteiger partial charge in [-0.3, -0.25) is 9.59 Å². The summed E-state index contributed by atoms with van der Waals surface area (Å²) in [5, 5.41) is 7.27. The molecular formula is C17H18Cl2N4O3. The van der Waals surface area contributed by atoms with E-state index < -0.39 is 6.04 Å². The molecule has 0 bridgehead atoms. The Hall–Kier alpha value is -2.12. The molecule has 26 heavy (non-hydrogen) atoms. The van der Waals surface area contributed by atoms with Gasteiger partial charge in [-0.25, -0.2) is 0 Å². The van der Waals surface area contributed by atoms with Crippen LogP contribution in [0, 0.1) is 6.92 Å². The third kappa shape index (κ3) is 4.16. The number of rotatable bonds is 5. The number of likely N-dealkylation sites (tertiary alicyclic amines) is 1. The Labute approximate surface area is 160 Å². The Kier molecular flexibility index (Phi) is 5.78. The molecule has 2 heterocycles. The van der Waals surface area contributed by atoms with Crippen LogP contribution in [-0.2, 0) is 11.2 Å². The van der Waals surface area contributed by atoms with Crippen LogP contribution in [0.25, 0.3) is 0 Å². The van der Waals surface area contributed by atoms with Crippen molar-refractivity contribution in [3.63, 3.8) is 0 Å². The molecule has 0 spiro atoms. The maximum atomic E-state index is 12.8. The summed E-state index contributed by atoms with van der Waals surface area (Å²) in [6.07, 6.45) is 1.80. The fourth-order valence-corrected chi connectivity index (χ4v) is 3.32. The second-order valence-corrected chi connectivity index (χ2v) is 6.90. The molecule has 1 fully saturated rings. The highest BCUT2D eigenvalue weighted by atomic mass is 35.5. The molecule has 7 nitrogen and oxygen atoms in total. The van der Waals surface area contributed by atoms with Crippen molar-refractivity contribution >= 4 is 35.0 Å². The Morgan fingerprint density at radius 3 is 2.92 bits per heavy atom. The van der Waals surface area contributed by atoms with Gasteiger partial charge in [0.2, 0.25) is 11.8 Å². The van der Waals surface area contributed by atoms with Crippen molar-refractivity contribution in [2.24, 2.45) is 0 Å². The van der Waals surface area contributed by atoms with Gasteiger partial charge in [0, 0.05) is 24.5 Å². The first-order chi connectivity index (χ1) is 12.5. The highest BCUT2D eigenvalue weighted by Gasteiger charge is 2.35. The fraction of sp³-hybridized carbons (Fsp3) is 0.412. The summed E-state index contributed by atoms with van der Waals surface area (Å²) in [5.41, 5.74) is 0.306. The van der Waals surface area contributed by atoms with Crippen molar-refractivity contribution in [2.75, 3.05) is 13.1 Å². The van der Waals surface area contributed by atoms with E-state index in [0.29, 0.717) is 53.3 Å². The first-order valence-electron chi connectivity index (χ1n) is 8.28. The average molecular weight is 397 g/mol. The second kappa shape index (κ2) is 8.05. The predicted octanol–water partition coefficient (Wildman–Crippen LogP) is 2.65. The molecule has 3 rings (SSSR count). The van der Waals surface area contributed by atoms with E-state index in [9.17, 15) is 9.59 Å². The molecule has 1 atom stereocenters. The Bertz CT molecular complexity index is 824. The molecule has 9 heteroatoms. The lowest BCUT2D eigenvalue weighted by molar-refractivity contribution is -0.124. The smallest absolute Gasteiger partial charge is 0.256 e. The summed E-state index contributed by atoms with van der Waals surface area (Å²) in [4.78, 5) is 30.9. The summed E-state index contributed by atoms with van der Waals surface area (Å²) in [7, 11) is 0. The van der Waals surface area contributed by atoms with E-state index in [-0.39, 0.29) is 11.8 Å². The summed E-state index contributed by atoms with van der Waals surface area (Å²) < 4.78 is 5.01. The van der Waals surface area contributed by atoms with Crippen LogP contribution in [0.4, 0.5) is 0 Å². The first-order valence-corrected chi connectivity index (χ1v) is 9.04. The number of benzene rings is 1. The third-order valence-electron chi connectivity index (χ3n) is 4.18. The lowest BCUT2D eigenvalue weighted by atomic mass is 10.1. The highest BCUT2D eigenvalue weighted by Crippen LogP contribution is 2.26. The topological polar surface area (TPSA) is 88.3 Å². The SMILES string of the molecule is Cc1noc(CCNC(=O)C2CCCN2C(=O)c2cc(Cl)ccc2Cl)n1. The number of hydrogen-bond acceptors (Lipinski definition) is 5. The van der Waals surface area contributed by atoms with Gasteiger partial charge in [0.25, 0.3) is 5.91 Å². The van der Waals surface area contributed by atoms with Gasteiger partial charge < -0.3 is 14.7 Å². The van der Waals surface area contributed by atoms with Crippen LogP contribution in [0.3, 0.4) is 0 Å². The van der Waals surface area contributed by atoms with Gasteiger partial charge in [-0.05, 0) is 38.0 Å². The molecule has 1 unspecified atom stereocenters. The lowest BCUT2D eigenvalue weighted by Gasteiger charge is -2.24. The van der Waals surface area contributed by atoms with Gasteiger partial charge in [-0.2, -0.15) is 4.98 Å². The first kappa shape index (κ1) is 18.7. The Morgan fingerprint density at radius 2 is 2.19 bits per heavy atom. The van der Waals surface area contributed by atoms with Gasteiger partial charge in [-0.15, -0.1) is 0 Å². The average Bonchev–Trinajstić information content (AvgIpc) is 3.25. The number of carbonyl (C=O) groups is 2. The van der Waals surface area contributed by atoms with E-state index in [0.717, 1.165) is 6.42 Å². The van der Waals surface area contributed by atoms with Crippen LogP contribution in [-0.4, -0.2) is 46.0 Å². The normalized spacial score (nSPS) is 16.7. The summed E-state index contributed by atoms with van der Waals surface area (Å²) in [5.74, 6) is 0.526. The molecule has 1 aromatic carbocycles. The molecule has 0 radical (unpaired) electrons. The quantitative estimate of drug-likeness (QED) is 0.838. The van der Waals surface area contributed by atoms with E-state index in [1.807, 2.05) is 0 Å². The molecule has 1 aliphatic heterocycles. The Balaban J connectivity index is 1.62.